The van der Waals surface area contributed by atoms with E-state index in [4.69, 9.17) is 37.0 Å². The summed E-state index contributed by atoms with van der Waals surface area (Å²) in [4.78, 5) is 73.1. The number of unbranched alkanes of at least 4 members (excludes halogenated alkanes) is 51. The highest BCUT2D eigenvalue weighted by molar-refractivity contribution is 7.47. The smallest absolute Gasteiger partial charge is 0.462 e. The summed E-state index contributed by atoms with van der Waals surface area (Å²) in [5.74, 6) is -0.604. The number of hydrogen-bond acceptors (Lipinski definition) is 15. The van der Waals surface area contributed by atoms with Crippen LogP contribution in [0.2, 0.25) is 0 Å². The molecule has 0 aromatic carbocycles. The Morgan fingerprint density at radius 3 is 0.673 bits per heavy atom. The number of esters is 4. The fourth-order valence-corrected chi connectivity index (χ4v) is 14.3. The van der Waals surface area contributed by atoms with E-state index in [1.165, 1.54) is 250 Å². The van der Waals surface area contributed by atoms with Crippen molar-refractivity contribution in [1.82, 2.24) is 0 Å². The number of aliphatic hydroxyl groups is 1. The molecule has 0 aliphatic rings. The van der Waals surface area contributed by atoms with Crippen molar-refractivity contribution in [3.05, 3.63) is 0 Å². The van der Waals surface area contributed by atoms with Crippen LogP contribution in [0.1, 0.15) is 433 Å². The second kappa shape index (κ2) is 73.6. The third-order valence-electron chi connectivity index (χ3n) is 19.2. The minimum absolute atomic E-state index is 0.107. The third kappa shape index (κ3) is 76.1. The number of aliphatic hydroxyl groups excluding tert-OH is 1. The maximum atomic E-state index is 13.1. The van der Waals surface area contributed by atoms with Gasteiger partial charge in [-0.3, -0.25) is 37.3 Å². The van der Waals surface area contributed by atoms with Gasteiger partial charge in [-0.2, -0.15) is 0 Å². The van der Waals surface area contributed by atoms with E-state index in [1.807, 2.05) is 0 Å². The normalized spacial score (nSPS) is 13.9. The Kier molecular flexibility index (Phi) is 72.2. The van der Waals surface area contributed by atoms with Crippen LogP contribution >= 0.6 is 15.6 Å². The molecule has 0 radical (unpaired) electrons. The predicted octanol–water partition coefficient (Wildman–Crippen LogP) is 24.7. The van der Waals surface area contributed by atoms with Crippen LogP contribution in [0.3, 0.4) is 0 Å². The van der Waals surface area contributed by atoms with Crippen LogP contribution in [0.5, 0.6) is 0 Å². The molecular weight excluding hydrogens is 1320 g/mol. The number of phosphoric ester groups is 2. The average molecular weight is 1480 g/mol. The van der Waals surface area contributed by atoms with Gasteiger partial charge in [0.05, 0.1) is 26.4 Å². The van der Waals surface area contributed by atoms with Gasteiger partial charge in [0.15, 0.2) is 12.2 Å². The predicted molar refractivity (Wildman–Crippen MR) is 414 cm³/mol. The number of phosphoric acid groups is 2. The lowest BCUT2D eigenvalue weighted by Crippen LogP contribution is -2.30. The summed E-state index contributed by atoms with van der Waals surface area (Å²) < 4.78 is 68.8. The summed E-state index contributed by atoms with van der Waals surface area (Å²) in [6.07, 6.45) is 63.8. The zero-order valence-corrected chi connectivity index (χ0v) is 68.0. The first kappa shape index (κ1) is 99.1. The Hall–Kier alpha value is -1.94. The van der Waals surface area contributed by atoms with E-state index in [-0.39, 0.29) is 25.7 Å². The van der Waals surface area contributed by atoms with Crippen LogP contribution in [0, 0.1) is 11.8 Å². The molecule has 19 heteroatoms. The molecule has 600 valence electrons. The van der Waals surface area contributed by atoms with Gasteiger partial charge in [-0.05, 0) is 37.5 Å². The minimum Gasteiger partial charge on any atom is -0.462 e. The lowest BCUT2D eigenvalue weighted by molar-refractivity contribution is -0.161. The van der Waals surface area contributed by atoms with Crippen molar-refractivity contribution in [2.75, 3.05) is 39.6 Å². The fourth-order valence-electron chi connectivity index (χ4n) is 12.7. The van der Waals surface area contributed by atoms with Crippen LogP contribution < -0.4 is 0 Å². The molecule has 101 heavy (non-hydrogen) atoms. The van der Waals surface area contributed by atoms with Crippen molar-refractivity contribution >= 4 is 39.5 Å². The minimum atomic E-state index is -4.96. The van der Waals surface area contributed by atoms with E-state index in [9.17, 15) is 43.2 Å². The van der Waals surface area contributed by atoms with Gasteiger partial charge in [0.25, 0.3) is 0 Å². The molecule has 0 bridgehead atoms. The molecule has 0 amide bonds. The van der Waals surface area contributed by atoms with Crippen molar-refractivity contribution in [2.24, 2.45) is 11.8 Å². The molecule has 0 aliphatic carbocycles. The van der Waals surface area contributed by atoms with Gasteiger partial charge in [-0.15, -0.1) is 0 Å². The summed E-state index contributed by atoms with van der Waals surface area (Å²) in [6, 6.07) is 0. The molecule has 3 N–H and O–H groups in total. The van der Waals surface area contributed by atoms with Gasteiger partial charge in [-0.25, -0.2) is 9.13 Å². The van der Waals surface area contributed by atoms with Crippen LogP contribution in [0.15, 0.2) is 0 Å². The average Bonchev–Trinajstić information content (AvgIpc) is 0.961. The molecule has 0 aliphatic heterocycles. The van der Waals surface area contributed by atoms with Crippen molar-refractivity contribution in [2.45, 2.75) is 452 Å². The zero-order valence-electron chi connectivity index (χ0n) is 66.2. The lowest BCUT2D eigenvalue weighted by Gasteiger charge is -2.21. The largest absolute Gasteiger partial charge is 0.472 e. The van der Waals surface area contributed by atoms with E-state index in [2.05, 4.69) is 41.5 Å². The molecule has 0 aromatic rings. The Labute approximate surface area is 619 Å². The van der Waals surface area contributed by atoms with E-state index in [1.54, 1.807) is 0 Å². The van der Waals surface area contributed by atoms with Gasteiger partial charge in [0, 0.05) is 25.7 Å². The first-order valence-corrected chi connectivity index (χ1v) is 45.5. The van der Waals surface area contributed by atoms with E-state index in [0.717, 1.165) is 102 Å². The summed E-state index contributed by atoms with van der Waals surface area (Å²) in [5.41, 5.74) is 0. The molecule has 0 saturated carbocycles. The van der Waals surface area contributed by atoms with Crippen LogP contribution in [0.25, 0.3) is 0 Å². The number of hydrogen-bond donors (Lipinski definition) is 3. The molecule has 17 nitrogen and oxygen atoms in total. The number of ether oxygens (including phenoxy) is 4. The van der Waals surface area contributed by atoms with Crippen molar-refractivity contribution in [1.29, 1.82) is 0 Å². The number of carbonyl (C=O) groups excluding carboxylic acids is 4. The van der Waals surface area contributed by atoms with Crippen LogP contribution in [-0.4, -0.2) is 96.7 Å². The summed E-state index contributed by atoms with van der Waals surface area (Å²) >= 11 is 0. The van der Waals surface area contributed by atoms with E-state index < -0.39 is 97.5 Å². The van der Waals surface area contributed by atoms with Crippen molar-refractivity contribution < 1.29 is 80.2 Å². The Balaban J connectivity index is 5.25. The highest BCUT2D eigenvalue weighted by Gasteiger charge is 2.30. The Morgan fingerprint density at radius 1 is 0.267 bits per heavy atom. The summed E-state index contributed by atoms with van der Waals surface area (Å²) in [6.45, 7) is 9.62. The molecule has 0 rings (SSSR count). The van der Waals surface area contributed by atoms with Gasteiger partial charge < -0.3 is 33.8 Å². The molecule has 5 atom stereocenters. The van der Waals surface area contributed by atoms with E-state index >= 15 is 0 Å². The molecule has 0 fully saturated rings. The standard InChI is InChI=1S/C82H160O17P2/c1-7-9-11-13-15-17-19-21-23-25-27-29-31-36-40-48-54-60-66-81(86)98-77(70-92-79(84)64-58-52-46-39-35-30-28-26-24-22-20-18-16-14-12-10-8-2)72-96-100(88,89)94-68-76(83)69-95-101(90,91)97-73-78(71-93-80(85)65-59-53-47-43-42-45-51-57-63-75(5)6)99-82(87)67-61-55-49-41-37-33-32-34-38-44-50-56-62-74(3)4/h74-78,83H,7-73H2,1-6H3,(H,88,89)(H,90,91)/t76-,77-,78-/m1/s1. The molecule has 0 heterocycles. The maximum absolute atomic E-state index is 13.1. The molecular formula is C82H160O17P2. The molecule has 0 saturated heterocycles. The van der Waals surface area contributed by atoms with Crippen molar-refractivity contribution in [3.8, 4) is 0 Å². The first-order valence-electron chi connectivity index (χ1n) is 42.5. The van der Waals surface area contributed by atoms with Crippen molar-refractivity contribution in [3.63, 3.8) is 0 Å². The second-order valence-electron chi connectivity index (χ2n) is 30.5. The highest BCUT2D eigenvalue weighted by Crippen LogP contribution is 2.45. The maximum Gasteiger partial charge on any atom is 0.472 e. The Morgan fingerprint density at radius 2 is 0.455 bits per heavy atom. The number of rotatable bonds is 81. The van der Waals surface area contributed by atoms with Gasteiger partial charge in [-0.1, -0.05) is 382 Å². The quantitative estimate of drug-likeness (QED) is 0.0222. The lowest BCUT2D eigenvalue weighted by atomic mass is 10.0. The summed E-state index contributed by atoms with van der Waals surface area (Å²) in [7, 11) is -9.92. The van der Waals surface area contributed by atoms with E-state index in [0.29, 0.717) is 25.7 Å². The van der Waals surface area contributed by atoms with Gasteiger partial charge in [0.1, 0.15) is 19.3 Å². The van der Waals surface area contributed by atoms with Crippen LogP contribution in [-0.2, 0) is 65.4 Å². The van der Waals surface area contributed by atoms with Crippen LogP contribution in [0.4, 0.5) is 0 Å². The van der Waals surface area contributed by atoms with Gasteiger partial charge >= 0.3 is 39.5 Å². The molecule has 0 spiro atoms. The zero-order chi connectivity index (χ0) is 74.2. The monoisotopic (exact) mass is 1480 g/mol. The summed E-state index contributed by atoms with van der Waals surface area (Å²) in [5, 5.41) is 10.7. The number of carbonyl (C=O) groups is 4. The molecule has 0 aromatic heterocycles. The molecule has 2 unspecified atom stereocenters. The SMILES string of the molecule is CCCCCCCCCCCCCCCCCCCCC(=O)O[C@H](COC(=O)CCCCCCCCCCCCCCCCCCC)COP(=O)(O)OC[C@@H](O)COP(=O)(O)OC[C@@H](COC(=O)CCCCCCCCCCC(C)C)OC(=O)CCCCCCCCCCCCCCC(C)C. The topological polar surface area (TPSA) is 237 Å². The van der Waals surface area contributed by atoms with Gasteiger partial charge in [0.2, 0.25) is 0 Å². The third-order valence-corrected chi connectivity index (χ3v) is 21.1. The Bertz CT molecular complexity index is 1940. The highest BCUT2D eigenvalue weighted by atomic mass is 31.2. The first-order chi connectivity index (χ1) is 48.9. The second-order valence-corrected chi connectivity index (χ2v) is 33.4. The fraction of sp³-hybridized carbons (Fsp3) is 0.951.